The number of benzene rings is 1. The third-order valence-corrected chi connectivity index (χ3v) is 9.35. The molecule has 16 heteroatoms. The van der Waals surface area contributed by atoms with E-state index in [1.54, 1.807) is 31.4 Å². The number of hydrogen-bond acceptors (Lipinski definition) is 12. The number of aromatic nitrogens is 1. The molecular formula is C22H27N9O5S2. The monoisotopic (exact) mass is 561 g/mol. The van der Waals surface area contributed by atoms with Crippen LogP contribution >= 0.6 is 11.3 Å². The summed E-state index contributed by atoms with van der Waals surface area (Å²) < 4.78 is 19.3. The van der Waals surface area contributed by atoms with E-state index in [0.717, 1.165) is 30.0 Å². The minimum absolute atomic E-state index is 0.0126. The number of hydrogen-bond donors (Lipinski definition) is 5. The molecule has 1 unspecified atom stereocenters. The van der Waals surface area contributed by atoms with E-state index in [1.807, 2.05) is 12.1 Å². The molecule has 4 aliphatic rings. The van der Waals surface area contributed by atoms with Gasteiger partial charge < -0.3 is 26.4 Å². The number of carbonyl (C=O) groups is 2. The highest BCUT2D eigenvalue weighted by Gasteiger charge is 2.85. The Morgan fingerprint density at radius 2 is 2.00 bits per heavy atom. The molecule has 5 heterocycles. The Kier molecular flexibility index (Phi) is 6.81. The molecule has 0 saturated carbocycles. The Labute approximate surface area is 224 Å². The maximum atomic E-state index is 13.1. The number of ether oxygens (including phenoxy) is 1. The number of rotatable bonds is 10. The number of aliphatic imine (C=N–C) groups is 1. The van der Waals surface area contributed by atoms with E-state index in [1.165, 1.54) is 4.31 Å². The van der Waals surface area contributed by atoms with Gasteiger partial charge >= 0.3 is 0 Å². The second-order valence-electron chi connectivity index (χ2n) is 9.19. The Balaban J connectivity index is 1.18. The van der Waals surface area contributed by atoms with Crippen LogP contribution < -0.4 is 32.4 Å². The molecule has 2 bridgehead atoms. The lowest BCUT2D eigenvalue weighted by Gasteiger charge is -2.70. The van der Waals surface area contributed by atoms with Crippen molar-refractivity contribution in [2.75, 3.05) is 32.0 Å². The lowest BCUT2D eigenvalue weighted by molar-refractivity contribution is -0.164. The molecule has 38 heavy (non-hydrogen) atoms. The van der Waals surface area contributed by atoms with Gasteiger partial charge in [0.05, 0.1) is 11.6 Å². The van der Waals surface area contributed by atoms with Crippen LogP contribution in [-0.2, 0) is 25.4 Å². The highest BCUT2D eigenvalue weighted by molar-refractivity contribution is 7.90. The first kappa shape index (κ1) is 26.0. The quantitative estimate of drug-likeness (QED) is 0.0773. The maximum Gasteiger partial charge on any atom is 0.278 e. The van der Waals surface area contributed by atoms with Gasteiger partial charge in [0.15, 0.2) is 28.4 Å². The van der Waals surface area contributed by atoms with Gasteiger partial charge in [-0.05, 0) is 38.1 Å². The summed E-state index contributed by atoms with van der Waals surface area (Å²) in [5.41, 5.74) is 17.8. The normalized spacial score (nSPS) is 24.5. The second kappa shape index (κ2) is 9.94. The first-order chi connectivity index (χ1) is 18.1. The molecule has 2 amide bonds. The molecule has 14 nitrogen and oxygen atoms in total. The number of nitrogen functional groups attached to an aromatic ring is 1. The van der Waals surface area contributed by atoms with Crippen molar-refractivity contribution < 1.29 is 23.4 Å². The lowest BCUT2D eigenvalue weighted by Crippen LogP contribution is -2.99. The number of nitrogens with two attached hydrogens (primary N) is 2. The van der Waals surface area contributed by atoms with E-state index < -0.39 is 33.2 Å². The summed E-state index contributed by atoms with van der Waals surface area (Å²) in [6.45, 7) is 5.03. The molecule has 6 rings (SSSR count). The third kappa shape index (κ3) is 4.28. The van der Waals surface area contributed by atoms with Gasteiger partial charge in [0.25, 0.3) is 11.8 Å². The van der Waals surface area contributed by atoms with Gasteiger partial charge in [0.1, 0.15) is 23.9 Å². The van der Waals surface area contributed by atoms with Crippen LogP contribution in [0, 0.1) is 0 Å². The van der Waals surface area contributed by atoms with Crippen molar-refractivity contribution in [3.05, 3.63) is 40.9 Å². The van der Waals surface area contributed by atoms with Crippen molar-refractivity contribution in [2.24, 2.45) is 15.9 Å². The number of β-lactam (4-membered cyclic amide) rings is 1. The summed E-state index contributed by atoms with van der Waals surface area (Å²) in [7, 11) is -1.65. The van der Waals surface area contributed by atoms with Gasteiger partial charge in [0.2, 0.25) is 4.87 Å². The van der Waals surface area contributed by atoms with E-state index in [-0.39, 0.29) is 35.8 Å². The molecule has 0 aliphatic carbocycles. The van der Waals surface area contributed by atoms with Crippen LogP contribution in [0.2, 0.25) is 0 Å². The van der Waals surface area contributed by atoms with Crippen molar-refractivity contribution >= 4 is 50.8 Å². The summed E-state index contributed by atoms with van der Waals surface area (Å²) in [5.74, 6) is -0.120. The molecule has 7 N–H and O–H groups in total. The van der Waals surface area contributed by atoms with Crippen molar-refractivity contribution in [2.45, 2.75) is 30.3 Å². The van der Waals surface area contributed by atoms with Crippen molar-refractivity contribution in [3.8, 4) is 5.75 Å². The molecule has 0 radical (unpaired) electrons. The number of thiazole rings is 1. The zero-order valence-electron chi connectivity index (χ0n) is 20.6. The number of hydrazine groups is 1. The van der Waals surface area contributed by atoms with Crippen LogP contribution in [0.15, 0.2) is 39.8 Å². The Hall–Kier alpha value is -3.60. The van der Waals surface area contributed by atoms with Crippen LogP contribution in [0.4, 0.5) is 5.13 Å². The first-order valence-electron chi connectivity index (χ1n) is 11.7. The highest BCUT2D eigenvalue weighted by atomic mass is 32.2. The molecule has 2 aromatic rings. The van der Waals surface area contributed by atoms with Gasteiger partial charge in [-0.15, -0.1) is 11.3 Å². The predicted molar refractivity (Wildman–Crippen MR) is 141 cm³/mol. The summed E-state index contributed by atoms with van der Waals surface area (Å²) in [6.07, 6.45) is 0. The van der Waals surface area contributed by atoms with Gasteiger partial charge in [-0.1, -0.05) is 5.16 Å². The molecule has 4 saturated heterocycles. The standard InChI is InChI=1S/C22H27N9O5S2/c1-21(2)22(19(33)31(21)38(22)34)29-18(32)16(15-11-37-20(24)28-15)30-36-8-7-35-14-5-3-12(4-6-14)17(23)27-13-9-25-26-10-13/h3-6,11,13,25-26H,7-10H2,1-2H3,(H2,23,27)(H2,24,28)(H,29,32)/b30-16+/t22-,38?/m1/s1. The molecule has 4 aliphatic heterocycles. The SMILES string of the molecule is CC1(C)N2C(=O)[C@@]1(NC(=O)/C(=N/OCCOc1ccc(C(N)=NC3CNNC3)cc1)c1csc(N)n1)S2=O. The summed E-state index contributed by atoms with van der Waals surface area (Å²) in [4.78, 5) is 37.8. The second-order valence-corrected chi connectivity index (χ2v) is 11.6. The van der Waals surface area contributed by atoms with Crippen LogP contribution in [0.25, 0.3) is 0 Å². The highest BCUT2D eigenvalue weighted by Crippen LogP contribution is 2.57. The predicted octanol–water partition coefficient (Wildman–Crippen LogP) is -1.18. The van der Waals surface area contributed by atoms with Crippen molar-refractivity contribution in [3.63, 3.8) is 0 Å². The van der Waals surface area contributed by atoms with E-state index in [2.05, 4.69) is 31.3 Å². The van der Waals surface area contributed by atoms with Gasteiger partial charge in [-0.2, -0.15) is 0 Å². The van der Waals surface area contributed by atoms with E-state index in [4.69, 9.17) is 21.0 Å². The molecule has 202 valence electrons. The maximum absolute atomic E-state index is 13.1. The average Bonchev–Trinajstić information content (AvgIpc) is 3.57. The number of nitrogens with one attached hydrogen (secondary N) is 3. The Bertz CT molecular complexity index is 1320. The van der Waals surface area contributed by atoms with E-state index in [0.29, 0.717) is 11.6 Å². The minimum Gasteiger partial charge on any atom is -0.490 e. The molecule has 1 aromatic carbocycles. The zero-order valence-corrected chi connectivity index (χ0v) is 22.2. The number of nitrogens with zero attached hydrogens (tertiary/aromatic N) is 4. The number of amidine groups is 1. The zero-order chi connectivity index (χ0) is 27.1. The lowest BCUT2D eigenvalue weighted by atomic mass is 9.83. The number of amides is 2. The number of anilines is 1. The Morgan fingerprint density at radius 3 is 2.58 bits per heavy atom. The first-order valence-corrected chi connectivity index (χ1v) is 13.7. The van der Waals surface area contributed by atoms with E-state index >= 15 is 0 Å². The van der Waals surface area contributed by atoms with Crippen LogP contribution in [0.1, 0.15) is 25.1 Å². The summed E-state index contributed by atoms with van der Waals surface area (Å²) in [5, 5.41) is 8.28. The largest absolute Gasteiger partial charge is 0.490 e. The fraction of sp³-hybridized carbons (Fsp3) is 0.409. The Morgan fingerprint density at radius 1 is 1.29 bits per heavy atom. The molecular weight excluding hydrogens is 534 g/mol. The van der Waals surface area contributed by atoms with E-state index in [9.17, 15) is 13.8 Å². The molecule has 4 fully saturated rings. The van der Waals surface area contributed by atoms with Gasteiger partial charge in [-0.25, -0.2) is 13.5 Å². The van der Waals surface area contributed by atoms with Crippen molar-refractivity contribution in [1.29, 1.82) is 0 Å². The number of oxime groups is 1. The van der Waals surface area contributed by atoms with Crippen LogP contribution in [0.3, 0.4) is 0 Å². The topological polar surface area (TPSA) is 199 Å². The molecule has 1 aromatic heterocycles. The van der Waals surface area contributed by atoms with Gasteiger partial charge in [-0.3, -0.25) is 25.4 Å². The molecule has 2 atom stereocenters. The van der Waals surface area contributed by atoms with Gasteiger partial charge in [0, 0.05) is 24.0 Å². The van der Waals surface area contributed by atoms with Crippen LogP contribution in [-0.4, -0.2) is 79.6 Å². The fourth-order valence-electron chi connectivity index (χ4n) is 4.29. The smallest absolute Gasteiger partial charge is 0.278 e. The average molecular weight is 562 g/mol. The number of carbonyl (C=O) groups excluding carboxylic acids is 2. The minimum atomic E-state index is -1.65. The van der Waals surface area contributed by atoms with Crippen LogP contribution in [0.5, 0.6) is 5.75 Å². The summed E-state index contributed by atoms with van der Waals surface area (Å²) >= 11 is 1.12. The molecule has 0 spiro atoms. The summed E-state index contributed by atoms with van der Waals surface area (Å²) in [6, 6.07) is 7.24. The third-order valence-electron chi connectivity index (χ3n) is 6.42. The van der Waals surface area contributed by atoms with Crippen molar-refractivity contribution in [1.82, 2.24) is 25.5 Å². The fourth-order valence-corrected chi connectivity index (χ4v) is 6.63.